The van der Waals surface area contributed by atoms with Crippen LogP contribution in [0.3, 0.4) is 0 Å². The van der Waals surface area contributed by atoms with Gasteiger partial charge in [-0.3, -0.25) is 14.4 Å². The summed E-state index contributed by atoms with van der Waals surface area (Å²) >= 11 is 3.37. The molecule has 9 nitrogen and oxygen atoms in total. The van der Waals surface area contributed by atoms with E-state index in [4.69, 9.17) is 9.47 Å². The van der Waals surface area contributed by atoms with Crippen molar-refractivity contribution in [3.63, 3.8) is 0 Å². The second kappa shape index (κ2) is 12.1. The first-order chi connectivity index (χ1) is 15.9. The van der Waals surface area contributed by atoms with E-state index in [0.29, 0.717) is 23.6 Å². The summed E-state index contributed by atoms with van der Waals surface area (Å²) in [6.45, 7) is 2.64. The third-order valence-electron chi connectivity index (χ3n) is 4.84. The number of hydrazone groups is 1. The first-order valence-corrected chi connectivity index (χ1v) is 11.2. The maximum absolute atomic E-state index is 12.3. The third kappa shape index (κ3) is 7.69. The fourth-order valence-corrected chi connectivity index (χ4v) is 3.48. The second-order valence-corrected chi connectivity index (χ2v) is 8.29. The minimum atomic E-state index is -0.890. The smallest absolute Gasteiger partial charge is 0.329 e. The number of halogens is 1. The number of carbonyl (C=O) groups is 3. The number of rotatable bonds is 8. The molecule has 3 N–H and O–H groups in total. The summed E-state index contributed by atoms with van der Waals surface area (Å²) in [4.78, 5) is 36.1. The standard InChI is InChI=1S/C23H25BrN4O5/c1-15-5-2-3-7-19(15)27-21(29)14-33-20-9-8-17(24)11-16(20)12-26-28-23(31)22(30)25-13-18-6-4-10-32-18/h2-3,5,7-9,11-12,18H,4,6,10,13-14H2,1H3,(H,25,30)(H,27,29)(H,28,31)/b26-12-/t18-/m0/s1. The van der Waals surface area contributed by atoms with Crippen molar-refractivity contribution < 1.29 is 23.9 Å². The molecule has 0 bridgehead atoms. The highest BCUT2D eigenvalue weighted by Gasteiger charge is 2.19. The van der Waals surface area contributed by atoms with Gasteiger partial charge in [-0.2, -0.15) is 5.10 Å². The quantitative estimate of drug-likeness (QED) is 0.283. The molecule has 33 heavy (non-hydrogen) atoms. The summed E-state index contributed by atoms with van der Waals surface area (Å²) in [5.41, 5.74) is 4.35. The van der Waals surface area contributed by atoms with Crippen molar-refractivity contribution >= 4 is 45.6 Å². The highest BCUT2D eigenvalue weighted by Crippen LogP contribution is 2.22. The molecule has 1 aliphatic heterocycles. The average Bonchev–Trinajstić information content (AvgIpc) is 3.32. The van der Waals surface area contributed by atoms with Gasteiger partial charge in [0, 0.05) is 28.9 Å². The van der Waals surface area contributed by atoms with E-state index in [0.717, 1.165) is 22.9 Å². The van der Waals surface area contributed by atoms with Crippen LogP contribution < -0.4 is 20.8 Å². The van der Waals surface area contributed by atoms with Crippen LogP contribution in [0.15, 0.2) is 52.0 Å². The number of hydrogen-bond acceptors (Lipinski definition) is 6. The van der Waals surface area contributed by atoms with Crippen molar-refractivity contribution in [2.45, 2.75) is 25.9 Å². The number of hydrogen-bond donors (Lipinski definition) is 3. The number of carbonyl (C=O) groups excluding carboxylic acids is 3. The Morgan fingerprint density at radius 1 is 1.21 bits per heavy atom. The maximum Gasteiger partial charge on any atom is 0.329 e. The van der Waals surface area contributed by atoms with Crippen LogP contribution in [0, 0.1) is 6.92 Å². The van der Waals surface area contributed by atoms with Gasteiger partial charge >= 0.3 is 11.8 Å². The van der Waals surface area contributed by atoms with Crippen LogP contribution in [0.25, 0.3) is 0 Å². The molecule has 1 atom stereocenters. The zero-order valence-corrected chi connectivity index (χ0v) is 19.7. The van der Waals surface area contributed by atoms with Gasteiger partial charge < -0.3 is 20.1 Å². The number of ether oxygens (including phenoxy) is 2. The molecule has 0 radical (unpaired) electrons. The van der Waals surface area contributed by atoms with Gasteiger partial charge in [0.05, 0.1) is 12.3 Å². The van der Waals surface area contributed by atoms with Gasteiger partial charge in [-0.1, -0.05) is 34.1 Å². The second-order valence-electron chi connectivity index (χ2n) is 7.38. The normalized spacial score (nSPS) is 15.3. The monoisotopic (exact) mass is 516 g/mol. The minimum absolute atomic E-state index is 0.0605. The fraction of sp³-hybridized carbons (Fsp3) is 0.304. The van der Waals surface area contributed by atoms with E-state index in [-0.39, 0.29) is 25.2 Å². The lowest BCUT2D eigenvalue weighted by molar-refractivity contribution is -0.139. The van der Waals surface area contributed by atoms with Gasteiger partial charge in [-0.15, -0.1) is 0 Å². The summed E-state index contributed by atoms with van der Waals surface area (Å²) in [6.07, 6.45) is 3.08. The number of nitrogens with zero attached hydrogens (tertiary/aromatic N) is 1. The molecule has 10 heteroatoms. The molecule has 3 rings (SSSR count). The van der Waals surface area contributed by atoms with Gasteiger partial charge in [0.2, 0.25) is 0 Å². The number of anilines is 1. The Hall–Kier alpha value is -3.24. The molecule has 1 aliphatic rings. The molecule has 3 amide bonds. The van der Waals surface area contributed by atoms with E-state index in [1.54, 1.807) is 18.2 Å². The van der Waals surface area contributed by atoms with Crippen LogP contribution in [-0.2, 0) is 19.1 Å². The minimum Gasteiger partial charge on any atom is -0.483 e. The third-order valence-corrected chi connectivity index (χ3v) is 5.33. The van der Waals surface area contributed by atoms with Crippen LogP contribution in [0.5, 0.6) is 5.75 Å². The number of aryl methyl sites for hydroxylation is 1. The first kappa shape index (κ1) is 24.4. The Morgan fingerprint density at radius 2 is 2.03 bits per heavy atom. The molecule has 0 unspecified atom stereocenters. The van der Waals surface area contributed by atoms with Crippen LogP contribution in [0.2, 0.25) is 0 Å². The highest BCUT2D eigenvalue weighted by atomic mass is 79.9. The Bertz CT molecular complexity index is 1040. The Labute approximate surface area is 200 Å². The van der Waals surface area contributed by atoms with Gasteiger partial charge in [-0.05, 0) is 49.6 Å². The molecule has 0 spiro atoms. The molecule has 0 saturated carbocycles. The Kier molecular flexibility index (Phi) is 8.96. The van der Waals surface area contributed by atoms with Crippen molar-refractivity contribution in [1.29, 1.82) is 0 Å². The molecule has 1 fully saturated rings. The number of amides is 3. The van der Waals surface area contributed by atoms with Gasteiger partial charge in [0.15, 0.2) is 6.61 Å². The molecular weight excluding hydrogens is 492 g/mol. The fourth-order valence-electron chi connectivity index (χ4n) is 3.10. The van der Waals surface area contributed by atoms with Crippen molar-refractivity contribution in [3.05, 3.63) is 58.1 Å². The molecule has 0 aliphatic carbocycles. The van der Waals surface area contributed by atoms with Crippen molar-refractivity contribution in [3.8, 4) is 5.75 Å². The number of nitrogens with one attached hydrogen (secondary N) is 3. The molecule has 2 aromatic rings. The zero-order chi connectivity index (χ0) is 23.6. The van der Waals surface area contributed by atoms with E-state index in [1.165, 1.54) is 6.21 Å². The number of benzene rings is 2. The molecule has 2 aromatic carbocycles. The Morgan fingerprint density at radius 3 is 2.79 bits per heavy atom. The Balaban J connectivity index is 1.52. The van der Waals surface area contributed by atoms with E-state index >= 15 is 0 Å². The van der Waals surface area contributed by atoms with Gasteiger partial charge in [-0.25, -0.2) is 5.43 Å². The van der Waals surface area contributed by atoms with Gasteiger partial charge in [0.25, 0.3) is 5.91 Å². The lowest BCUT2D eigenvalue weighted by Gasteiger charge is -2.11. The SMILES string of the molecule is Cc1ccccc1NC(=O)COc1ccc(Br)cc1/C=N\NC(=O)C(=O)NC[C@@H]1CCCO1. The van der Waals surface area contributed by atoms with Crippen molar-refractivity contribution in [2.24, 2.45) is 5.10 Å². The van der Waals surface area contributed by atoms with Gasteiger partial charge in [0.1, 0.15) is 5.75 Å². The predicted octanol–water partition coefficient (Wildman–Crippen LogP) is 2.52. The van der Waals surface area contributed by atoms with Crippen molar-refractivity contribution in [1.82, 2.24) is 10.7 Å². The molecule has 174 valence electrons. The van der Waals surface area contributed by atoms with Crippen LogP contribution in [0.4, 0.5) is 5.69 Å². The predicted molar refractivity (Wildman–Crippen MR) is 127 cm³/mol. The largest absolute Gasteiger partial charge is 0.483 e. The van der Waals surface area contributed by atoms with E-state index < -0.39 is 11.8 Å². The highest BCUT2D eigenvalue weighted by molar-refractivity contribution is 9.10. The summed E-state index contributed by atoms with van der Waals surface area (Å²) < 4.78 is 11.8. The van der Waals surface area contributed by atoms with E-state index in [9.17, 15) is 14.4 Å². The zero-order valence-electron chi connectivity index (χ0n) is 18.1. The lowest BCUT2D eigenvalue weighted by Crippen LogP contribution is -2.41. The van der Waals surface area contributed by atoms with Crippen LogP contribution in [-0.4, -0.2) is 49.8 Å². The summed E-state index contributed by atoms with van der Waals surface area (Å²) in [5.74, 6) is -1.61. The van der Waals surface area contributed by atoms with Crippen LogP contribution in [0.1, 0.15) is 24.0 Å². The lowest BCUT2D eigenvalue weighted by atomic mass is 10.2. The van der Waals surface area contributed by atoms with E-state index in [1.807, 2.05) is 31.2 Å². The molecule has 0 aromatic heterocycles. The van der Waals surface area contributed by atoms with E-state index in [2.05, 4.69) is 37.1 Å². The summed E-state index contributed by atoms with van der Waals surface area (Å²) in [7, 11) is 0. The van der Waals surface area contributed by atoms with Crippen molar-refractivity contribution in [2.75, 3.05) is 25.1 Å². The number of para-hydroxylation sites is 1. The molecular formula is C23H25BrN4O5. The molecule has 1 saturated heterocycles. The van der Waals surface area contributed by atoms with Crippen LogP contribution >= 0.6 is 15.9 Å². The summed E-state index contributed by atoms with van der Waals surface area (Å²) in [5, 5.41) is 9.15. The average molecular weight is 517 g/mol. The first-order valence-electron chi connectivity index (χ1n) is 10.4. The maximum atomic E-state index is 12.3. The topological polar surface area (TPSA) is 118 Å². The summed E-state index contributed by atoms with van der Waals surface area (Å²) in [6, 6.07) is 12.6. The molecule has 1 heterocycles.